The van der Waals surface area contributed by atoms with E-state index in [-0.39, 0.29) is 0 Å². The van der Waals surface area contributed by atoms with Crippen LogP contribution in [0.1, 0.15) is 19.3 Å². The molecule has 0 radical (unpaired) electrons. The van der Waals surface area contributed by atoms with Gasteiger partial charge < -0.3 is 15.5 Å². The van der Waals surface area contributed by atoms with E-state index in [1.807, 2.05) is 31.3 Å². The van der Waals surface area contributed by atoms with Crippen LogP contribution in [-0.2, 0) is 0 Å². The van der Waals surface area contributed by atoms with Gasteiger partial charge in [-0.15, -0.1) is 0 Å². The van der Waals surface area contributed by atoms with E-state index in [1.54, 1.807) is 0 Å². The third kappa shape index (κ3) is 3.08. The maximum atomic E-state index is 4.78. The molecule has 1 aliphatic rings. The Morgan fingerprint density at radius 3 is 2.67 bits per heavy atom. The molecule has 1 saturated heterocycles. The molecule has 1 aromatic carbocycles. The molecule has 0 unspecified atom stereocenters. The number of benzene rings is 1. The first-order valence-electron chi connectivity index (χ1n) is 7.67. The molecule has 21 heavy (non-hydrogen) atoms. The predicted molar refractivity (Wildman–Crippen MR) is 88.0 cm³/mol. The van der Waals surface area contributed by atoms with Crippen molar-refractivity contribution in [2.75, 3.05) is 37.4 Å². The zero-order valence-corrected chi connectivity index (χ0v) is 12.8. The molecule has 3 rings (SSSR count). The zero-order chi connectivity index (χ0) is 14.7. The molecule has 0 spiro atoms. The second-order valence-electron chi connectivity index (χ2n) is 5.66. The zero-order valence-electron chi connectivity index (χ0n) is 12.8. The summed E-state index contributed by atoms with van der Waals surface area (Å²) >= 11 is 0. The highest BCUT2D eigenvalue weighted by molar-refractivity contribution is 5.80. The minimum atomic E-state index is 0.543. The molecule has 5 nitrogen and oxygen atoms in total. The van der Waals surface area contributed by atoms with E-state index in [9.17, 15) is 0 Å². The van der Waals surface area contributed by atoms with E-state index in [2.05, 4.69) is 27.6 Å². The molecular weight excluding hydrogens is 262 g/mol. The molecule has 0 amide bonds. The van der Waals surface area contributed by atoms with Gasteiger partial charge in [-0.3, -0.25) is 0 Å². The molecule has 2 heterocycles. The van der Waals surface area contributed by atoms with Crippen molar-refractivity contribution in [2.45, 2.75) is 25.3 Å². The van der Waals surface area contributed by atoms with E-state index >= 15 is 0 Å². The van der Waals surface area contributed by atoms with Crippen LogP contribution in [0.4, 0.5) is 11.6 Å². The van der Waals surface area contributed by atoms with Crippen LogP contribution in [0.25, 0.3) is 11.0 Å². The van der Waals surface area contributed by atoms with Crippen molar-refractivity contribution >= 4 is 22.7 Å². The summed E-state index contributed by atoms with van der Waals surface area (Å²) in [6, 6.07) is 8.55. The van der Waals surface area contributed by atoms with Gasteiger partial charge in [0.25, 0.3) is 0 Å². The fourth-order valence-corrected chi connectivity index (χ4v) is 2.92. The summed E-state index contributed by atoms with van der Waals surface area (Å²) in [7, 11) is 3.99. The number of rotatable bonds is 4. The fraction of sp³-hybridized carbons (Fsp3) is 0.500. The Labute approximate surface area is 125 Å². The predicted octanol–water partition coefficient (Wildman–Crippen LogP) is 2.25. The molecule has 1 fully saturated rings. The Bertz CT molecular complexity index is 607. The minimum Gasteiger partial charge on any atom is -0.370 e. The first-order chi connectivity index (χ1) is 10.3. The van der Waals surface area contributed by atoms with Crippen LogP contribution >= 0.6 is 0 Å². The lowest BCUT2D eigenvalue weighted by Crippen LogP contribution is -2.42. The van der Waals surface area contributed by atoms with Gasteiger partial charge in [0.2, 0.25) is 0 Å². The number of piperidine rings is 1. The van der Waals surface area contributed by atoms with Gasteiger partial charge in [-0.1, -0.05) is 18.6 Å². The van der Waals surface area contributed by atoms with Crippen LogP contribution < -0.4 is 15.5 Å². The van der Waals surface area contributed by atoms with Gasteiger partial charge >= 0.3 is 0 Å². The maximum Gasteiger partial charge on any atom is 0.172 e. The number of likely N-dealkylation sites (N-methyl/N-ethyl adjacent to an activating group) is 1. The van der Waals surface area contributed by atoms with Crippen molar-refractivity contribution in [1.82, 2.24) is 15.3 Å². The van der Waals surface area contributed by atoms with Crippen molar-refractivity contribution in [3.8, 4) is 0 Å². The molecule has 0 bridgehead atoms. The summed E-state index contributed by atoms with van der Waals surface area (Å²) in [6.45, 7) is 2.09. The Morgan fingerprint density at radius 1 is 1.24 bits per heavy atom. The van der Waals surface area contributed by atoms with Crippen LogP contribution in [0.15, 0.2) is 24.3 Å². The highest BCUT2D eigenvalue weighted by atomic mass is 15.2. The molecule has 0 aliphatic carbocycles. The summed E-state index contributed by atoms with van der Waals surface area (Å²) in [5.41, 5.74) is 1.87. The standard InChI is InChI=1S/C16H23N5/c1-17-15-16(20-14-9-4-3-8-13(14)19-15)21(2)11-12-7-5-6-10-18-12/h3-4,8-9,12,18H,5-7,10-11H2,1-2H3,(H,17,19)/t12-/m1/s1. The lowest BCUT2D eigenvalue weighted by Gasteiger charge is -2.29. The smallest absolute Gasteiger partial charge is 0.172 e. The third-order valence-electron chi connectivity index (χ3n) is 4.06. The highest BCUT2D eigenvalue weighted by Crippen LogP contribution is 2.24. The normalized spacial score (nSPS) is 18.7. The van der Waals surface area contributed by atoms with Crippen LogP contribution in [0.3, 0.4) is 0 Å². The number of nitrogens with one attached hydrogen (secondary N) is 2. The topological polar surface area (TPSA) is 53.1 Å². The van der Waals surface area contributed by atoms with E-state index in [1.165, 1.54) is 19.3 Å². The molecule has 1 aromatic heterocycles. The van der Waals surface area contributed by atoms with E-state index < -0.39 is 0 Å². The van der Waals surface area contributed by atoms with Gasteiger partial charge in [0.1, 0.15) is 0 Å². The largest absolute Gasteiger partial charge is 0.370 e. The summed E-state index contributed by atoms with van der Waals surface area (Å²) < 4.78 is 0. The molecule has 1 atom stereocenters. The Balaban J connectivity index is 1.86. The third-order valence-corrected chi connectivity index (χ3v) is 4.06. The second kappa shape index (κ2) is 6.26. The summed E-state index contributed by atoms with van der Waals surface area (Å²) in [5, 5.41) is 6.75. The average molecular weight is 285 g/mol. The summed E-state index contributed by atoms with van der Waals surface area (Å²) in [6.07, 6.45) is 3.84. The first kappa shape index (κ1) is 14.1. The first-order valence-corrected chi connectivity index (χ1v) is 7.67. The summed E-state index contributed by atoms with van der Waals surface area (Å²) in [5.74, 6) is 1.76. The number of para-hydroxylation sites is 2. The van der Waals surface area contributed by atoms with E-state index in [0.29, 0.717) is 6.04 Å². The Hall–Kier alpha value is -1.88. The quantitative estimate of drug-likeness (QED) is 0.902. The molecule has 5 heteroatoms. The average Bonchev–Trinajstić information content (AvgIpc) is 2.54. The van der Waals surface area contributed by atoms with E-state index in [0.717, 1.165) is 35.8 Å². The van der Waals surface area contributed by atoms with Crippen molar-refractivity contribution in [3.63, 3.8) is 0 Å². The Kier molecular flexibility index (Phi) is 4.20. The van der Waals surface area contributed by atoms with Gasteiger partial charge in [0.15, 0.2) is 11.6 Å². The van der Waals surface area contributed by atoms with Gasteiger partial charge in [-0.2, -0.15) is 0 Å². The molecule has 0 saturated carbocycles. The van der Waals surface area contributed by atoms with Gasteiger partial charge in [-0.25, -0.2) is 9.97 Å². The van der Waals surface area contributed by atoms with Gasteiger partial charge in [0.05, 0.1) is 11.0 Å². The van der Waals surface area contributed by atoms with Crippen molar-refractivity contribution in [3.05, 3.63) is 24.3 Å². The number of fused-ring (bicyclic) bond motifs is 1. The number of nitrogens with zero attached hydrogens (tertiary/aromatic N) is 3. The SMILES string of the molecule is CNc1nc2ccccc2nc1N(C)C[C@H]1CCCCN1. The maximum absolute atomic E-state index is 4.78. The van der Waals surface area contributed by atoms with Gasteiger partial charge in [-0.05, 0) is 31.5 Å². The minimum absolute atomic E-state index is 0.543. The number of hydrogen-bond donors (Lipinski definition) is 2. The number of hydrogen-bond acceptors (Lipinski definition) is 5. The lowest BCUT2D eigenvalue weighted by atomic mass is 10.0. The molecule has 2 N–H and O–H groups in total. The lowest BCUT2D eigenvalue weighted by molar-refractivity contribution is 0.403. The van der Waals surface area contributed by atoms with Crippen LogP contribution in [-0.4, -0.2) is 43.2 Å². The van der Waals surface area contributed by atoms with Crippen molar-refractivity contribution in [1.29, 1.82) is 0 Å². The highest BCUT2D eigenvalue weighted by Gasteiger charge is 2.18. The molecule has 2 aromatic rings. The van der Waals surface area contributed by atoms with Crippen molar-refractivity contribution < 1.29 is 0 Å². The van der Waals surface area contributed by atoms with Gasteiger partial charge in [0, 0.05) is 26.7 Å². The molecule has 112 valence electrons. The number of anilines is 2. The number of aromatic nitrogens is 2. The second-order valence-corrected chi connectivity index (χ2v) is 5.66. The monoisotopic (exact) mass is 285 g/mol. The van der Waals surface area contributed by atoms with Crippen molar-refractivity contribution in [2.24, 2.45) is 0 Å². The fourth-order valence-electron chi connectivity index (χ4n) is 2.92. The Morgan fingerprint density at radius 2 is 2.00 bits per heavy atom. The van der Waals surface area contributed by atoms with Crippen LogP contribution in [0.2, 0.25) is 0 Å². The van der Waals surface area contributed by atoms with E-state index in [4.69, 9.17) is 4.98 Å². The molecular formula is C16H23N5. The molecule has 1 aliphatic heterocycles. The summed E-state index contributed by atoms with van der Waals surface area (Å²) in [4.78, 5) is 11.7. The van der Waals surface area contributed by atoms with Crippen LogP contribution in [0.5, 0.6) is 0 Å². The van der Waals surface area contributed by atoms with Crippen LogP contribution in [0, 0.1) is 0 Å².